The lowest BCUT2D eigenvalue weighted by atomic mass is 9.56. The Hall–Kier alpha value is -2.44. The second kappa shape index (κ2) is 6.04. The maximum absolute atomic E-state index is 12.9. The third-order valence-corrected chi connectivity index (χ3v) is 5.56. The van der Waals surface area contributed by atoms with E-state index in [4.69, 9.17) is 18.9 Å². The van der Waals surface area contributed by atoms with E-state index in [0.29, 0.717) is 0 Å². The second-order valence-electron chi connectivity index (χ2n) is 7.41. The molecule has 0 amide bonds. The first-order valence-electron chi connectivity index (χ1n) is 8.87. The van der Waals surface area contributed by atoms with Crippen LogP contribution in [0.1, 0.15) is 19.4 Å². The Morgan fingerprint density at radius 3 is 2.30 bits per heavy atom. The molecule has 6 nitrogen and oxygen atoms in total. The normalized spacial score (nSPS) is 33.0. The second-order valence-corrected chi connectivity index (χ2v) is 7.41. The molecular weight excluding hydrogens is 348 g/mol. The lowest BCUT2D eigenvalue weighted by molar-refractivity contribution is -0.151. The summed E-state index contributed by atoms with van der Waals surface area (Å²) in [5, 5.41) is 0. The van der Waals surface area contributed by atoms with Gasteiger partial charge < -0.3 is 18.9 Å². The summed E-state index contributed by atoms with van der Waals surface area (Å²) in [6.45, 7) is 3.66. The van der Waals surface area contributed by atoms with Gasteiger partial charge in [-0.2, -0.15) is 0 Å². The van der Waals surface area contributed by atoms with Gasteiger partial charge in [-0.25, -0.2) is 9.59 Å². The standard InChI is InChI=1S/C21H22O6/c1-20(2)26-16-13-10-11-21(17(16)27-20,12-8-6-5-7-9-12)15(19(23)25-4)14(13)18(22)24-3/h5-11,13,16-17H,1-4H3. The molecule has 0 saturated carbocycles. The predicted molar refractivity (Wildman–Crippen MR) is 95.6 cm³/mol. The Morgan fingerprint density at radius 1 is 1.00 bits per heavy atom. The van der Waals surface area contributed by atoms with Crippen LogP contribution in [0.25, 0.3) is 0 Å². The van der Waals surface area contributed by atoms with E-state index in [9.17, 15) is 9.59 Å². The monoisotopic (exact) mass is 370 g/mol. The first kappa shape index (κ1) is 17.9. The van der Waals surface area contributed by atoms with E-state index >= 15 is 0 Å². The average molecular weight is 370 g/mol. The van der Waals surface area contributed by atoms with E-state index in [1.165, 1.54) is 14.2 Å². The van der Waals surface area contributed by atoms with Gasteiger partial charge in [0.2, 0.25) is 0 Å². The highest BCUT2D eigenvalue weighted by atomic mass is 16.8. The third kappa shape index (κ3) is 2.40. The van der Waals surface area contributed by atoms with Gasteiger partial charge in [-0.05, 0) is 19.4 Å². The molecule has 0 spiro atoms. The molecular formula is C21H22O6. The number of methoxy groups -OCH3 is 2. The van der Waals surface area contributed by atoms with Crippen molar-refractivity contribution in [2.24, 2.45) is 5.92 Å². The lowest BCUT2D eigenvalue weighted by Crippen LogP contribution is -2.57. The van der Waals surface area contributed by atoms with Crippen LogP contribution in [0, 0.1) is 5.92 Å². The molecule has 2 bridgehead atoms. The number of ether oxygens (including phenoxy) is 4. The van der Waals surface area contributed by atoms with Crippen LogP contribution in [-0.2, 0) is 34.0 Å². The highest BCUT2D eigenvalue weighted by Gasteiger charge is 2.65. The van der Waals surface area contributed by atoms with Crippen molar-refractivity contribution in [2.75, 3.05) is 14.2 Å². The van der Waals surface area contributed by atoms with Gasteiger partial charge >= 0.3 is 11.9 Å². The Kier molecular flexibility index (Phi) is 4.01. The fourth-order valence-electron chi connectivity index (χ4n) is 4.59. The molecule has 27 heavy (non-hydrogen) atoms. The minimum Gasteiger partial charge on any atom is -0.466 e. The van der Waals surface area contributed by atoms with Crippen molar-refractivity contribution in [3.63, 3.8) is 0 Å². The maximum Gasteiger partial charge on any atom is 0.335 e. The average Bonchev–Trinajstić information content (AvgIpc) is 3.03. The van der Waals surface area contributed by atoms with Crippen LogP contribution in [0.15, 0.2) is 53.6 Å². The molecule has 0 aromatic heterocycles. The zero-order valence-electron chi connectivity index (χ0n) is 15.7. The fourth-order valence-corrected chi connectivity index (χ4v) is 4.59. The van der Waals surface area contributed by atoms with E-state index < -0.39 is 41.3 Å². The highest BCUT2D eigenvalue weighted by Crippen LogP contribution is 2.57. The Morgan fingerprint density at radius 2 is 1.67 bits per heavy atom. The molecule has 1 aromatic rings. The third-order valence-electron chi connectivity index (χ3n) is 5.56. The first-order valence-corrected chi connectivity index (χ1v) is 8.87. The van der Waals surface area contributed by atoms with Crippen LogP contribution in [0.2, 0.25) is 0 Å². The van der Waals surface area contributed by atoms with E-state index in [2.05, 4.69) is 0 Å². The van der Waals surface area contributed by atoms with Crippen LogP contribution in [0.5, 0.6) is 0 Å². The van der Waals surface area contributed by atoms with Crippen LogP contribution in [0.3, 0.4) is 0 Å². The summed E-state index contributed by atoms with van der Waals surface area (Å²) in [5.41, 5.74) is 0.374. The number of hydrogen-bond acceptors (Lipinski definition) is 6. The number of carbonyl (C=O) groups excluding carboxylic acids is 2. The van der Waals surface area contributed by atoms with Crippen molar-refractivity contribution < 1.29 is 28.5 Å². The molecule has 0 radical (unpaired) electrons. The van der Waals surface area contributed by atoms with Crippen molar-refractivity contribution in [1.29, 1.82) is 0 Å². The van der Waals surface area contributed by atoms with E-state index in [0.717, 1.165) is 5.56 Å². The molecule has 5 rings (SSSR count). The maximum atomic E-state index is 12.9. The number of esters is 2. The molecule has 1 aromatic carbocycles. The molecule has 4 unspecified atom stereocenters. The first-order chi connectivity index (χ1) is 12.9. The molecule has 1 aliphatic heterocycles. The number of rotatable bonds is 3. The van der Waals surface area contributed by atoms with Gasteiger partial charge in [0.05, 0.1) is 36.9 Å². The predicted octanol–water partition coefficient (Wildman–Crippen LogP) is 2.29. The summed E-state index contributed by atoms with van der Waals surface area (Å²) >= 11 is 0. The van der Waals surface area contributed by atoms with Crippen LogP contribution < -0.4 is 0 Å². The molecule has 4 aliphatic rings. The SMILES string of the molecule is COC(=O)C1=C(C(=O)OC)C2(c3ccccc3)C=CC1C1OC(C)(C)OC12. The summed E-state index contributed by atoms with van der Waals surface area (Å²) < 4.78 is 22.5. The number of hydrogen-bond donors (Lipinski definition) is 0. The summed E-state index contributed by atoms with van der Waals surface area (Å²) in [5.74, 6) is -2.41. The molecule has 1 saturated heterocycles. The van der Waals surface area contributed by atoms with Crippen molar-refractivity contribution in [2.45, 2.75) is 37.3 Å². The van der Waals surface area contributed by atoms with Gasteiger partial charge in [0.25, 0.3) is 0 Å². The van der Waals surface area contributed by atoms with Gasteiger partial charge in [-0.1, -0.05) is 42.5 Å². The Labute approximate surface area is 157 Å². The molecule has 1 heterocycles. The van der Waals surface area contributed by atoms with Crippen molar-refractivity contribution in [3.05, 3.63) is 59.2 Å². The van der Waals surface area contributed by atoms with Crippen molar-refractivity contribution in [3.8, 4) is 0 Å². The summed E-state index contributed by atoms with van der Waals surface area (Å²) in [4.78, 5) is 25.6. The summed E-state index contributed by atoms with van der Waals surface area (Å²) in [6.07, 6.45) is 2.98. The van der Waals surface area contributed by atoms with Gasteiger partial charge in [0, 0.05) is 5.92 Å². The molecule has 3 aliphatic carbocycles. The fraction of sp³-hybridized carbons (Fsp3) is 0.429. The minimum atomic E-state index is -0.995. The van der Waals surface area contributed by atoms with Crippen LogP contribution in [0.4, 0.5) is 0 Å². The topological polar surface area (TPSA) is 71.1 Å². The van der Waals surface area contributed by atoms with Crippen LogP contribution in [-0.4, -0.2) is 44.2 Å². The summed E-state index contributed by atoms with van der Waals surface area (Å²) in [6, 6.07) is 9.51. The quantitative estimate of drug-likeness (QED) is 0.601. The summed E-state index contributed by atoms with van der Waals surface area (Å²) in [7, 11) is 2.61. The molecule has 4 atom stereocenters. The zero-order valence-corrected chi connectivity index (χ0v) is 15.7. The Balaban J connectivity index is 2.04. The minimum absolute atomic E-state index is 0.262. The van der Waals surface area contributed by atoms with Gasteiger partial charge in [0.15, 0.2) is 5.79 Å². The van der Waals surface area contributed by atoms with Crippen LogP contribution >= 0.6 is 0 Å². The number of carbonyl (C=O) groups is 2. The molecule has 142 valence electrons. The van der Waals surface area contributed by atoms with Gasteiger partial charge in [-0.3, -0.25) is 0 Å². The van der Waals surface area contributed by atoms with Crippen molar-refractivity contribution in [1.82, 2.24) is 0 Å². The van der Waals surface area contributed by atoms with Gasteiger partial charge in [0.1, 0.15) is 6.10 Å². The largest absolute Gasteiger partial charge is 0.466 e. The van der Waals surface area contributed by atoms with E-state index in [1.54, 1.807) is 0 Å². The highest BCUT2D eigenvalue weighted by molar-refractivity contribution is 6.05. The van der Waals surface area contributed by atoms with E-state index in [1.807, 2.05) is 56.3 Å². The Bertz CT molecular complexity index is 853. The van der Waals surface area contributed by atoms with Crippen molar-refractivity contribution >= 4 is 11.9 Å². The van der Waals surface area contributed by atoms with Gasteiger partial charge in [-0.15, -0.1) is 0 Å². The zero-order chi connectivity index (χ0) is 19.4. The number of benzene rings is 1. The van der Waals surface area contributed by atoms with E-state index in [-0.39, 0.29) is 11.1 Å². The molecule has 0 N–H and O–H groups in total. The molecule has 6 heteroatoms. The lowest BCUT2D eigenvalue weighted by Gasteiger charge is -2.49. The smallest absolute Gasteiger partial charge is 0.335 e. The molecule has 1 fully saturated rings.